The summed E-state index contributed by atoms with van der Waals surface area (Å²) in [5, 5.41) is 5.32. The summed E-state index contributed by atoms with van der Waals surface area (Å²) in [6.07, 6.45) is 2.09. The number of nitrogens with one attached hydrogen (secondary N) is 2. The molecule has 0 bridgehead atoms. The molecule has 7 heteroatoms. The summed E-state index contributed by atoms with van der Waals surface area (Å²) in [6.45, 7) is 3.95. The van der Waals surface area contributed by atoms with Crippen molar-refractivity contribution < 1.29 is 17.9 Å². The van der Waals surface area contributed by atoms with Gasteiger partial charge in [0.2, 0.25) is 0 Å². The summed E-state index contributed by atoms with van der Waals surface area (Å²) >= 11 is 0. The minimum atomic E-state index is -3.00. The number of hydrogen-bond acceptors (Lipinski definition) is 4. The van der Waals surface area contributed by atoms with Gasteiger partial charge in [-0.15, -0.1) is 0 Å². The first-order chi connectivity index (χ1) is 9.98. The Balaban J connectivity index is 1.89. The van der Waals surface area contributed by atoms with Crippen molar-refractivity contribution in [1.29, 1.82) is 0 Å². The van der Waals surface area contributed by atoms with Gasteiger partial charge in [-0.2, -0.15) is 0 Å². The van der Waals surface area contributed by atoms with Crippen LogP contribution in [0.4, 0.5) is 10.5 Å². The molecule has 0 saturated carbocycles. The summed E-state index contributed by atoms with van der Waals surface area (Å²) < 4.78 is 28.0. The monoisotopic (exact) mass is 310 g/mol. The lowest BCUT2D eigenvalue weighted by atomic mass is 10.2. The van der Waals surface area contributed by atoms with Gasteiger partial charge < -0.3 is 15.4 Å². The van der Waals surface area contributed by atoms with Crippen LogP contribution in [-0.2, 0) is 9.84 Å². The molecule has 114 valence electrons. The van der Waals surface area contributed by atoms with E-state index < -0.39 is 15.9 Å². The maximum atomic E-state index is 11.8. The Morgan fingerprint density at radius 1 is 1.48 bits per heavy atom. The molecule has 0 radical (unpaired) electrons. The first kappa shape index (κ1) is 15.4. The van der Waals surface area contributed by atoms with Crippen molar-refractivity contribution in [2.45, 2.75) is 12.5 Å². The fourth-order valence-corrected chi connectivity index (χ4v) is 3.75. The predicted molar refractivity (Wildman–Crippen MR) is 81.3 cm³/mol. The Kier molecular flexibility index (Phi) is 4.85. The van der Waals surface area contributed by atoms with E-state index in [1.54, 1.807) is 30.3 Å². The minimum absolute atomic E-state index is 0.00288. The van der Waals surface area contributed by atoms with Crippen molar-refractivity contribution in [1.82, 2.24) is 5.32 Å². The number of urea groups is 1. The molecule has 21 heavy (non-hydrogen) atoms. The summed E-state index contributed by atoms with van der Waals surface area (Å²) in [5.41, 5.74) is 0.579. The maximum Gasteiger partial charge on any atom is 0.319 e. The van der Waals surface area contributed by atoms with Crippen LogP contribution >= 0.6 is 0 Å². The Morgan fingerprint density at radius 3 is 2.95 bits per heavy atom. The smallest absolute Gasteiger partial charge is 0.319 e. The number of anilines is 1. The van der Waals surface area contributed by atoms with E-state index in [9.17, 15) is 13.2 Å². The Bertz CT molecular complexity index is 628. The summed E-state index contributed by atoms with van der Waals surface area (Å²) in [7, 11) is -3.00. The average molecular weight is 310 g/mol. The number of sulfone groups is 1. The van der Waals surface area contributed by atoms with Crippen LogP contribution in [0.25, 0.3) is 0 Å². The molecule has 1 heterocycles. The topological polar surface area (TPSA) is 84.5 Å². The molecular weight excluding hydrogens is 292 g/mol. The van der Waals surface area contributed by atoms with Crippen LogP contribution in [0.5, 0.6) is 5.75 Å². The summed E-state index contributed by atoms with van der Waals surface area (Å²) in [5.74, 6) is 0.752. The van der Waals surface area contributed by atoms with Crippen LogP contribution in [0.3, 0.4) is 0 Å². The molecule has 2 N–H and O–H groups in total. The zero-order valence-corrected chi connectivity index (χ0v) is 12.4. The number of ether oxygens (including phenoxy) is 1. The van der Waals surface area contributed by atoms with Gasteiger partial charge in [0.25, 0.3) is 0 Å². The molecule has 1 saturated heterocycles. The first-order valence-corrected chi connectivity index (χ1v) is 8.42. The second kappa shape index (κ2) is 6.62. The lowest BCUT2D eigenvalue weighted by Gasteiger charge is -2.12. The molecule has 0 unspecified atom stereocenters. The van der Waals surface area contributed by atoms with Crippen LogP contribution in [0.1, 0.15) is 6.42 Å². The molecule has 0 spiro atoms. The van der Waals surface area contributed by atoms with Gasteiger partial charge in [-0.05, 0) is 18.6 Å². The fourth-order valence-electron chi connectivity index (χ4n) is 2.08. The van der Waals surface area contributed by atoms with Crippen molar-refractivity contribution in [2.24, 2.45) is 0 Å². The maximum absolute atomic E-state index is 11.8. The molecule has 1 aliphatic heterocycles. The van der Waals surface area contributed by atoms with E-state index >= 15 is 0 Å². The van der Waals surface area contributed by atoms with Gasteiger partial charge in [-0.3, -0.25) is 0 Å². The molecule has 1 aromatic rings. The molecule has 0 aliphatic carbocycles. The average Bonchev–Trinajstić information content (AvgIpc) is 2.75. The number of benzene rings is 1. The minimum Gasteiger partial charge on any atom is -0.489 e. The molecular formula is C14H18N2O4S. The van der Waals surface area contributed by atoms with Crippen LogP contribution in [0, 0.1) is 0 Å². The van der Waals surface area contributed by atoms with E-state index in [1.165, 1.54) is 0 Å². The third kappa shape index (κ3) is 4.78. The zero-order chi connectivity index (χ0) is 15.3. The standard InChI is InChI=1S/C14H18N2O4S/c1-2-7-20-13-5-3-4-11(9-13)15-14(17)16-12-6-8-21(18,19)10-12/h2-5,9,12H,1,6-8,10H2,(H2,15,16,17)/t12-/m0/s1. The highest BCUT2D eigenvalue weighted by molar-refractivity contribution is 7.91. The molecule has 1 aromatic carbocycles. The Hall–Kier alpha value is -2.02. The van der Waals surface area contributed by atoms with E-state index in [2.05, 4.69) is 17.2 Å². The van der Waals surface area contributed by atoms with Crippen LogP contribution < -0.4 is 15.4 Å². The van der Waals surface area contributed by atoms with Crippen molar-refractivity contribution in [3.8, 4) is 5.75 Å². The van der Waals surface area contributed by atoms with E-state index in [0.717, 1.165) is 0 Å². The molecule has 6 nitrogen and oxygen atoms in total. The van der Waals surface area contributed by atoms with Gasteiger partial charge in [0, 0.05) is 17.8 Å². The SMILES string of the molecule is C=CCOc1cccc(NC(=O)N[C@H]2CCS(=O)(=O)C2)c1. The zero-order valence-electron chi connectivity index (χ0n) is 11.5. The van der Waals surface area contributed by atoms with Gasteiger partial charge in [0.1, 0.15) is 12.4 Å². The highest BCUT2D eigenvalue weighted by Crippen LogP contribution is 2.17. The third-order valence-electron chi connectivity index (χ3n) is 3.03. The second-order valence-corrected chi connectivity index (χ2v) is 7.05. The number of carbonyl (C=O) groups is 1. The first-order valence-electron chi connectivity index (χ1n) is 6.60. The Morgan fingerprint density at radius 2 is 2.29 bits per heavy atom. The summed E-state index contributed by atoms with van der Waals surface area (Å²) in [6, 6.07) is 6.21. The van der Waals surface area contributed by atoms with Gasteiger partial charge in [0.05, 0.1) is 11.5 Å². The van der Waals surface area contributed by atoms with E-state index in [-0.39, 0.29) is 17.5 Å². The predicted octanol–water partition coefficient (Wildman–Crippen LogP) is 1.56. The number of rotatable bonds is 5. The van der Waals surface area contributed by atoms with Crippen molar-refractivity contribution >= 4 is 21.6 Å². The van der Waals surface area contributed by atoms with E-state index in [0.29, 0.717) is 24.5 Å². The third-order valence-corrected chi connectivity index (χ3v) is 4.80. The highest BCUT2D eigenvalue weighted by Gasteiger charge is 2.28. The van der Waals surface area contributed by atoms with Gasteiger partial charge in [-0.1, -0.05) is 18.7 Å². The van der Waals surface area contributed by atoms with E-state index in [4.69, 9.17) is 4.74 Å². The normalized spacial score (nSPS) is 19.7. The van der Waals surface area contributed by atoms with Crippen molar-refractivity contribution in [3.05, 3.63) is 36.9 Å². The van der Waals surface area contributed by atoms with Crippen molar-refractivity contribution in [2.75, 3.05) is 23.4 Å². The van der Waals surface area contributed by atoms with Crippen LogP contribution in [-0.4, -0.2) is 38.6 Å². The molecule has 1 fully saturated rings. The molecule has 2 rings (SSSR count). The molecule has 1 atom stereocenters. The molecule has 0 aromatic heterocycles. The van der Waals surface area contributed by atoms with Crippen molar-refractivity contribution in [3.63, 3.8) is 0 Å². The van der Waals surface area contributed by atoms with Crippen LogP contribution in [0.2, 0.25) is 0 Å². The quantitative estimate of drug-likeness (QED) is 0.808. The van der Waals surface area contributed by atoms with Gasteiger partial charge in [-0.25, -0.2) is 13.2 Å². The fraction of sp³-hybridized carbons (Fsp3) is 0.357. The second-order valence-electron chi connectivity index (χ2n) is 4.83. The lowest BCUT2D eigenvalue weighted by Crippen LogP contribution is -2.38. The number of hydrogen-bond donors (Lipinski definition) is 2. The molecule has 2 amide bonds. The molecule has 1 aliphatic rings. The Labute approximate surface area is 124 Å². The van der Waals surface area contributed by atoms with Gasteiger partial charge >= 0.3 is 6.03 Å². The lowest BCUT2D eigenvalue weighted by molar-refractivity contribution is 0.249. The highest BCUT2D eigenvalue weighted by atomic mass is 32.2. The largest absolute Gasteiger partial charge is 0.489 e. The van der Waals surface area contributed by atoms with Gasteiger partial charge in [0.15, 0.2) is 9.84 Å². The van der Waals surface area contributed by atoms with E-state index in [1.807, 2.05) is 0 Å². The summed E-state index contributed by atoms with van der Waals surface area (Å²) in [4.78, 5) is 11.8. The number of amides is 2. The van der Waals surface area contributed by atoms with Crippen LogP contribution in [0.15, 0.2) is 36.9 Å². The number of carbonyl (C=O) groups excluding carboxylic acids is 1.